The van der Waals surface area contributed by atoms with Crippen LogP contribution in [0.15, 0.2) is 164 Å². The van der Waals surface area contributed by atoms with Crippen molar-refractivity contribution in [1.82, 2.24) is 0 Å². The van der Waals surface area contributed by atoms with Gasteiger partial charge < -0.3 is 0 Å². The van der Waals surface area contributed by atoms with Gasteiger partial charge in [-0.05, 0) is 137 Å². The molecule has 0 unspecified atom stereocenters. The van der Waals surface area contributed by atoms with Crippen molar-refractivity contribution >= 4 is 0 Å². The number of rotatable bonds is 0. The molecule has 0 saturated carbocycles. The minimum atomic E-state index is -4.22. The summed E-state index contributed by atoms with van der Waals surface area (Å²) in [6.45, 7) is 12.0. The molecule has 0 aliphatic heterocycles. The highest BCUT2D eigenvalue weighted by atomic mass is 19.4. The number of benzene rings is 7. The van der Waals surface area contributed by atoms with Crippen molar-refractivity contribution in [3.05, 3.63) is 249 Å². The van der Waals surface area contributed by atoms with Gasteiger partial charge in [-0.3, -0.25) is 0 Å². The third-order valence-electron chi connectivity index (χ3n) is 8.25. The van der Waals surface area contributed by atoms with Crippen LogP contribution in [0.25, 0.3) is 0 Å². The lowest BCUT2D eigenvalue weighted by Crippen LogP contribution is -2.06. The van der Waals surface area contributed by atoms with Crippen LogP contribution in [0.2, 0.25) is 0 Å². The summed E-state index contributed by atoms with van der Waals surface area (Å²) < 4.78 is 169. The zero-order valence-corrected chi connectivity index (χ0v) is 36.9. The maximum atomic E-state index is 12.3. The van der Waals surface area contributed by atoms with Crippen LogP contribution in [0.3, 0.4) is 0 Å². The summed E-state index contributed by atoms with van der Waals surface area (Å²) in [7, 11) is 0. The first-order valence-electron chi connectivity index (χ1n) is 19.6. The van der Waals surface area contributed by atoms with Crippen molar-refractivity contribution < 1.29 is 61.5 Å². The molecule has 0 N–H and O–H groups in total. The number of hydrogen-bond donors (Lipinski definition) is 0. The second-order valence-electron chi connectivity index (χ2n) is 14.3. The maximum absolute atomic E-state index is 12.3. The van der Waals surface area contributed by atoms with E-state index in [0.29, 0.717) is 16.7 Å². The molecule has 0 heterocycles. The second-order valence-corrected chi connectivity index (χ2v) is 14.3. The molecule has 0 aromatic heterocycles. The van der Waals surface area contributed by atoms with Gasteiger partial charge in [-0.1, -0.05) is 108 Å². The van der Waals surface area contributed by atoms with E-state index in [-0.39, 0.29) is 23.0 Å². The first kappa shape index (κ1) is 57.6. The van der Waals surface area contributed by atoms with E-state index in [2.05, 4.69) is 0 Å². The molecule has 0 amide bonds. The lowest BCUT2D eigenvalue weighted by molar-refractivity contribution is -0.138. The molecular formula is C52H48F14. The van der Waals surface area contributed by atoms with Crippen molar-refractivity contribution in [2.45, 2.75) is 67.0 Å². The van der Waals surface area contributed by atoms with E-state index in [1.54, 1.807) is 70.2 Å². The Hall–Kier alpha value is -6.44. The molecule has 7 rings (SSSR count). The standard InChI is InChI=1S/3C8H7F3.C7H6F2.3C7H7F/c1-6-2-4-7(5-3-6)8(9,10)11;1-6-3-2-4-7(5-6)8(9,10)11;1-6-4-2-3-5-7(6)8(9,10)11;1-5-2-6(8)4-7(9)3-5;1-6-2-4-7(8)5-3-6;1-6-3-2-4-7(8)5-6;1-6-4-2-3-5-7(6)8/h3*2-5H,1H3;2-4H,1H3;3*2-5H,1H3. The summed E-state index contributed by atoms with van der Waals surface area (Å²) >= 11 is 0. The lowest BCUT2D eigenvalue weighted by Gasteiger charge is -2.08. The normalized spacial score (nSPS) is 10.5. The van der Waals surface area contributed by atoms with Gasteiger partial charge >= 0.3 is 18.5 Å². The number of halogens is 14. The summed E-state index contributed by atoms with van der Waals surface area (Å²) in [6, 6.07) is 38.8. The SMILES string of the molecule is Cc1cc(F)cc(F)c1.Cc1ccc(C(F)(F)F)cc1.Cc1ccc(F)cc1.Cc1cccc(C(F)(F)F)c1.Cc1cccc(F)c1.Cc1ccccc1C(F)(F)F.Cc1ccccc1F. The van der Waals surface area contributed by atoms with Crippen LogP contribution in [0.1, 0.15) is 55.6 Å². The molecule has 0 fully saturated rings. The summed E-state index contributed by atoms with van der Waals surface area (Å²) in [4.78, 5) is 0. The third-order valence-corrected chi connectivity index (χ3v) is 8.25. The molecule has 7 aromatic carbocycles. The Balaban J connectivity index is 0.000000387. The minimum absolute atomic E-state index is 0.132. The van der Waals surface area contributed by atoms with Gasteiger partial charge in [0, 0.05) is 6.07 Å². The fourth-order valence-corrected chi connectivity index (χ4v) is 4.84. The molecule has 14 heteroatoms. The first-order chi connectivity index (χ1) is 30.6. The lowest BCUT2D eigenvalue weighted by atomic mass is 10.1. The van der Waals surface area contributed by atoms with Gasteiger partial charge in [-0.15, -0.1) is 0 Å². The van der Waals surface area contributed by atoms with E-state index in [1.165, 1.54) is 79.7 Å². The first-order valence-corrected chi connectivity index (χ1v) is 19.6. The van der Waals surface area contributed by atoms with Crippen molar-refractivity contribution in [1.29, 1.82) is 0 Å². The van der Waals surface area contributed by atoms with Gasteiger partial charge in [0.1, 0.15) is 29.1 Å². The van der Waals surface area contributed by atoms with Gasteiger partial charge in [-0.2, -0.15) is 39.5 Å². The van der Waals surface area contributed by atoms with Crippen LogP contribution in [-0.2, 0) is 18.5 Å². The highest BCUT2D eigenvalue weighted by molar-refractivity contribution is 5.28. The van der Waals surface area contributed by atoms with Crippen molar-refractivity contribution in [2.24, 2.45) is 0 Å². The Labute approximate surface area is 376 Å². The van der Waals surface area contributed by atoms with E-state index in [4.69, 9.17) is 0 Å². The predicted octanol–water partition coefficient (Wildman–Crippen LogP) is 17.7. The van der Waals surface area contributed by atoms with Crippen molar-refractivity contribution in [2.75, 3.05) is 0 Å². The average Bonchev–Trinajstić information content (AvgIpc) is 3.20. The van der Waals surface area contributed by atoms with E-state index in [9.17, 15) is 61.5 Å². The quantitative estimate of drug-likeness (QED) is 0.133. The van der Waals surface area contributed by atoms with Crippen molar-refractivity contribution in [3.63, 3.8) is 0 Å². The molecular weight excluding hydrogens is 891 g/mol. The van der Waals surface area contributed by atoms with E-state index >= 15 is 0 Å². The topological polar surface area (TPSA) is 0 Å². The molecule has 0 spiro atoms. The van der Waals surface area contributed by atoms with Gasteiger partial charge in [-0.25, -0.2) is 22.0 Å². The van der Waals surface area contributed by atoms with Crippen LogP contribution < -0.4 is 0 Å². The smallest absolute Gasteiger partial charge is 0.207 e. The van der Waals surface area contributed by atoms with E-state index in [1.807, 2.05) is 26.0 Å². The van der Waals surface area contributed by atoms with Crippen LogP contribution in [0.4, 0.5) is 61.5 Å². The summed E-state index contributed by atoms with van der Waals surface area (Å²) in [5.74, 6) is -1.51. The molecule has 0 radical (unpaired) electrons. The molecule has 0 saturated heterocycles. The molecule has 0 aliphatic carbocycles. The Morgan fingerprint density at radius 3 is 1.02 bits per heavy atom. The molecule has 0 atom stereocenters. The van der Waals surface area contributed by atoms with Gasteiger partial charge in [0.25, 0.3) is 0 Å². The van der Waals surface area contributed by atoms with Crippen LogP contribution in [0.5, 0.6) is 0 Å². The zero-order valence-electron chi connectivity index (χ0n) is 36.9. The Morgan fingerprint density at radius 1 is 0.273 bits per heavy atom. The third kappa shape index (κ3) is 25.2. The fraction of sp³-hybridized carbons (Fsp3) is 0.192. The Bertz CT molecular complexity index is 2340. The fourth-order valence-electron chi connectivity index (χ4n) is 4.84. The van der Waals surface area contributed by atoms with E-state index < -0.39 is 46.9 Å². The van der Waals surface area contributed by atoms with Crippen molar-refractivity contribution in [3.8, 4) is 0 Å². The summed E-state index contributed by atoms with van der Waals surface area (Å²) in [5.41, 5.74) is 3.34. The molecule has 0 nitrogen and oxygen atoms in total. The number of aryl methyl sites for hydroxylation is 7. The monoisotopic (exact) mass is 938 g/mol. The predicted molar refractivity (Wildman–Crippen MR) is 233 cm³/mol. The second kappa shape index (κ2) is 27.8. The van der Waals surface area contributed by atoms with Crippen LogP contribution in [0, 0.1) is 77.6 Å². The Kier molecular flexibility index (Phi) is 24.2. The highest BCUT2D eigenvalue weighted by Gasteiger charge is 2.32. The highest BCUT2D eigenvalue weighted by Crippen LogP contribution is 2.32. The molecule has 66 heavy (non-hydrogen) atoms. The average molecular weight is 939 g/mol. The van der Waals surface area contributed by atoms with E-state index in [0.717, 1.165) is 53.1 Å². The zero-order chi connectivity index (χ0) is 50.3. The number of alkyl halides is 9. The molecule has 7 aromatic rings. The molecule has 0 bridgehead atoms. The van der Waals surface area contributed by atoms with Crippen LogP contribution in [-0.4, -0.2) is 0 Å². The number of hydrogen-bond acceptors (Lipinski definition) is 0. The molecule has 354 valence electrons. The van der Waals surface area contributed by atoms with Gasteiger partial charge in [0.2, 0.25) is 0 Å². The molecule has 0 aliphatic rings. The van der Waals surface area contributed by atoms with Gasteiger partial charge in [0.05, 0.1) is 16.7 Å². The maximum Gasteiger partial charge on any atom is 0.416 e. The summed E-state index contributed by atoms with van der Waals surface area (Å²) in [6.07, 6.45) is -12.6. The largest absolute Gasteiger partial charge is 0.416 e. The minimum Gasteiger partial charge on any atom is -0.207 e. The van der Waals surface area contributed by atoms with Gasteiger partial charge in [0.15, 0.2) is 0 Å². The van der Waals surface area contributed by atoms with Crippen LogP contribution >= 0.6 is 0 Å². The Morgan fingerprint density at radius 2 is 0.697 bits per heavy atom. The summed E-state index contributed by atoms with van der Waals surface area (Å²) in [5, 5.41) is 0.